The maximum atomic E-state index is 11.8. The predicted molar refractivity (Wildman–Crippen MR) is 63.6 cm³/mol. The van der Waals surface area contributed by atoms with Crippen molar-refractivity contribution in [2.45, 2.75) is 12.8 Å². The van der Waals surface area contributed by atoms with E-state index in [1.165, 1.54) is 12.4 Å². The lowest BCUT2D eigenvalue weighted by Gasteiger charge is -2.00. The zero-order valence-corrected chi connectivity index (χ0v) is 9.58. The van der Waals surface area contributed by atoms with Crippen molar-refractivity contribution in [1.29, 1.82) is 5.26 Å². The minimum Gasteiger partial charge on any atom is -0.291 e. The summed E-state index contributed by atoms with van der Waals surface area (Å²) in [5.41, 5.74) is 1.35. The van der Waals surface area contributed by atoms with E-state index < -0.39 is 0 Å². The topological polar surface area (TPSA) is 79.5 Å². The van der Waals surface area contributed by atoms with Crippen molar-refractivity contribution in [3.05, 3.63) is 53.9 Å². The molecule has 2 aromatic rings. The number of Topliss-reactive ketones (excluding diaryl/α,β-unsaturated/α-hetero) is 1. The Morgan fingerprint density at radius 1 is 1.28 bits per heavy atom. The molecule has 18 heavy (non-hydrogen) atoms. The van der Waals surface area contributed by atoms with E-state index in [0.29, 0.717) is 18.4 Å². The average molecular weight is 238 g/mol. The van der Waals surface area contributed by atoms with E-state index in [0.717, 1.165) is 5.56 Å². The van der Waals surface area contributed by atoms with Crippen LogP contribution in [-0.4, -0.2) is 20.7 Å². The first-order valence-corrected chi connectivity index (χ1v) is 5.44. The summed E-state index contributed by atoms with van der Waals surface area (Å²) in [5, 5.41) is 8.60. The highest BCUT2D eigenvalue weighted by Gasteiger charge is 2.09. The van der Waals surface area contributed by atoms with Crippen LogP contribution < -0.4 is 0 Å². The van der Waals surface area contributed by atoms with E-state index in [1.54, 1.807) is 12.4 Å². The highest BCUT2D eigenvalue weighted by molar-refractivity contribution is 5.92. The number of aromatic nitrogens is 3. The summed E-state index contributed by atoms with van der Waals surface area (Å²) < 4.78 is 0. The van der Waals surface area contributed by atoms with Crippen LogP contribution in [-0.2, 0) is 6.42 Å². The van der Waals surface area contributed by atoms with Gasteiger partial charge in [0, 0.05) is 31.2 Å². The fourth-order valence-corrected chi connectivity index (χ4v) is 1.45. The Labute approximate surface area is 104 Å². The molecule has 0 amide bonds. The van der Waals surface area contributed by atoms with Gasteiger partial charge < -0.3 is 0 Å². The SMILES string of the molecule is N#Cc1cnc(C(=O)CCc2cccnc2)nc1. The Balaban J connectivity index is 1.98. The second-order valence-corrected chi connectivity index (χ2v) is 3.69. The molecule has 0 aromatic carbocycles. The molecule has 2 rings (SSSR count). The Morgan fingerprint density at radius 2 is 2.06 bits per heavy atom. The third-order valence-electron chi connectivity index (χ3n) is 2.39. The molecule has 5 nitrogen and oxygen atoms in total. The van der Waals surface area contributed by atoms with Crippen molar-refractivity contribution in [3.8, 4) is 6.07 Å². The van der Waals surface area contributed by atoms with Crippen molar-refractivity contribution < 1.29 is 4.79 Å². The first-order chi connectivity index (χ1) is 8.79. The lowest BCUT2D eigenvalue weighted by atomic mass is 10.1. The van der Waals surface area contributed by atoms with E-state index in [1.807, 2.05) is 18.2 Å². The molecule has 0 bridgehead atoms. The molecule has 0 aliphatic heterocycles. The largest absolute Gasteiger partial charge is 0.291 e. The summed E-state index contributed by atoms with van der Waals surface area (Å²) in [6, 6.07) is 5.65. The number of carbonyl (C=O) groups is 1. The highest BCUT2D eigenvalue weighted by atomic mass is 16.1. The first-order valence-electron chi connectivity index (χ1n) is 5.44. The van der Waals surface area contributed by atoms with Crippen LogP contribution >= 0.6 is 0 Å². The Morgan fingerprint density at radius 3 is 2.67 bits per heavy atom. The van der Waals surface area contributed by atoms with Gasteiger partial charge in [0.2, 0.25) is 0 Å². The fraction of sp³-hybridized carbons (Fsp3) is 0.154. The second-order valence-electron chi connectivity index (χ2n) is 3.69. The van der Waals surface area contributed by atoms with Gasteiger partial charge in [0.1, 0.15) is 6.07 Å². The van der Waals surface area contributed by atoms with Crippen LogP contribution in [0.4, 0.5) is 0 Å². The molecule has 0 N–H and O–H groups in total. The number of carbonyl (C=O) groups excluding carboxylic acids is 1. The van der Waals surface area contributed by atoms with Gasteiger partial charge in [-0.25, -0.2) is 9.97 Å². The van der Waals surface area contributed by atoms with Crippen molar-refractivity contribution in [2.24, 2.45) is 0 Å². The van der Waals surface area contributed by atoms with E-state index in [4.69, 9.17) is 5.26 Å². The third kappa shape index (κ3) is 2.95. The number of nitrogens with zero attached hydrogens (tertiary/aromatic N) is 4. The first kappa shape index (κ1) is 11.9. The number of rotatable bonds is 4. The number of pyridine rings is 1. The maximum Gasteiger partial charge on any atom is 0.200 e. The van der Waals surface area contributed by atoms with Gasteiger partial charge in [-0.15, -0.1) is 0 Å². The van der Waals surface area contributed by atoms with Gasteiger partial charge in [0.05, 0.1) is 5.56 Å². The zero-order chi connectivity index (χ0) is 12.8. The molecule has 0 unspecified atom stereocenters. The van der Waals surface area contributed by atoms with Gasteiger partial charge in [-0.1, -0.05) is 6.07 Å². The molecule has 88 valence electrons. The standard InChI is InChI=1S/C13H10N4O/c14-6-11-8-16-13(17-9-11)12(18)4-3-10-2-1-5-15-7-10/h1-2,5,7-9H,3-4H2. The maximum absolute atomic E-state index is 11.8. The van der Waals surface area contributed by atoms with Gasteiger partial charge in [-0.3, -0.25) is 9.78 Å². The highest BCUT2D eigenvalue weighted by Crippen LogP contribution is 2.04. The smallest absolute Gasteiger partial charge is 0.200 e. The predicted octanol–water partition coefficient (Wildman–Crippen LogP) is 1.56. The lowest BCUT2D eigenvalue weighted by Crippen LogP contribution is -2.06. The zero-order valence-electron chi connectivity index (χ0n) is 9.58. The molecule has 0 saturated carbocycles. The summed E-state index contributed by atoms with van der Waals surface area (Å²) >= 11 is 0. The average Bonchev–Trinajstić information content (AvgIpc) is 2.46. The van der Waals surface area contributed by atoms with Crippen LogP contribution in [0, 0.1) is 11.3 Å². The molecule has 0 fully saturated rings. The summed E-state index contributed by atoms with van der Waals surface area (Å²) in [7, 11) is 0. The van der Waals surface area contributed by atoms with E-state index >= 15 is 0 Å². The van der Waals surface area contributed by atoms with Crippen LogP contribution in [0.15, 0.2) is 36.9 Å². The van der Waals surface area contributed by atoms with Gasteiger partial charge in [0.15, 0.2) is 11.6 Å². The summed E-state index contributed by atoms with van der Waals surface area (Å²) in [6.45, 7) is 0. The Bertz CT molecular complexity index is 572. The van der Waals surface area contributed by atoms with Gasteiger partial charge in [-0.2, -0.15) is 5.26 Å². The minimum atomic E-state index is -0.136. The van der Waals surface area contributed by atoms with Crippen LogP contribution in [0.25, 0.3) is 0 Å². The molecular formula is C13H10N4O. The Hall–Kier alpha value is -2.61. The van der Waals surface area contributed by atoms with Crippen LogP contribution in [0.1, 0.15) is 28.2 Å². The van der Waals surface area contributed by atoms with Crippen molar-refractivity contribution >= 4 is 5.78 Å². The molecular weight excluding hydrogens is 228 g/mol. The van der Waals surface area contributed by atoms with Crippen molar-refractivity contribution in [3.63, 3.8) is 0 Å². The fourth-order valence-electron chi connectivity index (χ4n) is 1.45. The summed E-state index contributed by atoms with van der Waals surface area (Å²) in [5.74, 6) is 0.0150. The normalized spacial score (nSPS) is 9.72. The van der Waals surface area contributed by atoms with Gasteiger partial charge in [-0.05, 0) is 18.1 Å². The molecule has 0 spiro atoms. The van der Waals surface area contributed by atoms with Gasteiger partial charge in [0.25, 0.3) is 0 Å². The number of hydrogen-bond donors (Lipinski definition) is 0. The number of hydrogen-bond acceptors (Lipinski definition) is 5. The van der Waals surface area contributed by atoms with Crippen molar-refractivity contribution in [1.82, 2.24) is 15.0 Å². The van der Waals surface area contributed by atoms with Crippen molar-refractivity contribution in [2.75, 3.05) is 0 Å². The number of ketones is 1. The lowest BCUT2D eigenvalue weighted by molar-refractivity contribution is 0.0972. The quantitative estimate of drug-likeness (QED) is 0.755. The molecule has 0 aliphatic rings. The molecule has 0 aliphatic carbocycles. The second kappa shape index (κ2) is 5.64. The van der Waals surface area contributed by atoms with E-state index in [-0.39, 0.29) is 11.6 Å². The number of aryl methyl sites for hydroxylation is 1. The number of nitriles is 1. The monoisotopic (exact) mass is 238 g/mol. The molecule has 0 radical (unpaired) electrons. The molecule has 0 atom stereocenters. The molecule has 2 aromatic heterocycles. The van der Waals surface area contributed by atoms with Crippen LogP contribution in [0.3, 0.4) is 0 Å². The third-order valence-corrected chi connectivity index (χ3v) is 2.39. The summed E-state index contributed by atoms with van der Waals surface area (Å²) in [4.78, 5) is 23.5. The van der Waals surface area contributed by atoms with E-state index in [2.05, 4.69) is 15.0 Å². The van der Waals surface area contributed by atoms with Gasteiger partial charge >= 0.3 is 0 Å². The summed E-state index contributed by atoms with van der Waals surface area (Å²) in [6.07, 6.45) is 7.06. The molecule has 2 heterocycles. The Kier molecular flexibility index (Phi) is 3.72. The molecule has 0 saturated heterocycles. The van der Waals surface area contributed by atoms with Crippen LogP contribution in [0.5, 0.6) is 0 Å². The minimum absolute atomic E-state index is 0.136. The van der Waals surface area contributed by atoms with Crippen LogP contribution in [0.2, 0.25) is 0 Å². The van der Waals surface area contributed by atoms with E-state index in [9.17, 15) is 4.79 Å². The molecule has 5 heteroatoms.